The molecule has 0 aliphatic heterocycles. The molecular weight excluding hydrogens is 278 g/mol. The molecule has 112 valence electrons. The standard InChI is InChI=1S/C18H17NO3/c1-14-7-5-11-17(20)16(14)10-6-12-19-18(21)22-13-15-8-3-2-4-9-15/h2-5,7-9,11,20H,12-13H2,1H3,(H,19,21). The summed E-state index contributed by atoms with van der Waals surface area (Å²) < 4.78 is 5.06. The van der Waals surface area contributed by atoms with Crippen molar-refractivity contribution in [3.8, 4) is 17.6 Å². The number of carbonyl (C=O) groups is 1. The molecule has 0 spiro atoms. The molecule has 0 aliphatic rings. The second-order valence-corrected chi connectivity index (χ2v) is 4.69. The molecule has 2 N–H and O–H groups in total. The molecule has 0 unspecified atom stereocenters. The molecule has 22 heavy (non-hydrogen) atoms. The molecule has 0 fully saturated rings. The first-order valence-corrected chi connectivity index (χ1v) is 6.89. The van der Waals surface area contributed by atoms with Gasteiger partial charge in [0.05, 0.1) is 12.1 Å². The van der Waals surface area contributed by atoms with Crippen LogP contribution in [0.3, 0.4) is 0 Å². The van der Waals surface area contributed by atoms with E-state index < -0.39 is 6.09 Å². The summed E-state index contributed by atoms with van der Waals surface area (Å²) >= 11 is 0. The number of phenolic OH excluding ortho intramolecular Hbond substituents is 1. The molecule has 2 aromatic carbocycles. The molecule has 2 aromatic rings. The van der Waals surface area contributed by atoms with Crippen LogP contribution in [-0.2, 0) is 11.3 Å². The number of benzene rings is 2. The van der Waals surface area contributed by atoms with E-state index in [2.05, 4.69) is 17.2 Å². The molecule has 0 radical (unpaired) electrons. The van der Waals surface area contributed by atoms with Crippen molar-refractivity contribution in [3.63, 3.8) is 0 Å². The fourth-order valence-corrected chi connectivity index (χ4v) is 1.84. The number of aryl methyl sites for hydroxylation is 1. The fraction of sp³-hybridized carbons (Fsp3) is 0.167. The Morgan fingerprint density at radius 1 is 1.18 bits per heavy atom. The van der Waals surface area contributed by atoms with Gasteiger partial charge in [0.25, 0.3) is 0 Å². The lowest BCUT2D eigenvalue weighted by molar-refractivity contribution is 0.141. The van der Waals surface area contributed by atoms with Crippen LogP contribution in [0.15, 0.2) is 48.5 Å². The van der Waals surface area contributed by atoms with E-state index in [4.69, 9.17) is 4.74 Å². The number of hydrogen-bond acceptors (Lipinski definition) is 3. The summed E-state index contributed by atoms with van der Waals surface area (Å²) in [4.78, 5) is 11.5. The van der Waals surface area contributed by atoms with Crippen LogP contribution in [0.4, 0.5) is 4.79 Å². The van der Waals surface area contributed by atoms with Gasteiger partial charge in [0, 0.05) is 0 Å². The van der Waals surface area contributed by atoms with E-state index >= 15 is 0 Å². The lowest BCUT2D eigenvalue weighted by Crippen LogP contribution is -2.24. The van der Waals surface area contributed by atoms with Crippen molar-refractivity contribution in [1.82, 2.24) is 5.32 Å². The highest BCUT2D eigenvalue weighted by atomic mass is 16.5. The Morgan fingerprint density at radius 3 is 2.68 bits per heavy atom. The summed E-state index contributed by atoms with van der Waals surface area (Å²) in [6, 6.07) is 14.6. The number of rotatable bonds is 3. The lowest BCUT2D eigenvalue weighted by Gasteiger charge is -2.04. The van der Waals surface area contributed by atoms with Gasteiger partial charge in [-0.15, -0.1) is 0 Å². The van der Waals surface area contributed by atoms with E-state index in [1.165, 1.54) is 0 Å². The minimum absolute atomic E-state index is 0.138. The fourth-order valence-electron chi connectivity index (χ4n) is 1.84. The van der Waals surface area contributed by atoms with E-state index in [0.29, 0.717) is 5.56 Å². The van der Waals surface area contributed by atoms with E-state index in [1.54, 1.807) is 12.1 Å². The van der Waals surface area contributed by atoms with Gasteiger partial charge < -0.3 is 15.2 Å². The van der Waals surface area contributed by atoms with Crippen LogP contribution < -0.4 is 5.32 Å². The summed E-state index contributed by atoms with van der Waals surface area (Å²) in [6.45, 7) is 2.24. The molecule has 0 atom stereocenters. The Morgan fingerprint density at radius 2 is 1.95 bits per heavy atom. The number of carbonyl (C=O) groups excluding carboxylic acids is 1. The largest absolute Gasteiger partial charge is 0.507 e. The molecule has 0 bridgehead atoms. The van der Waals surface area contributed by atoms with Gasteiger partial charge in [0.15, 0.2) is 0 Å². The van der Waals surface area contributed by atoms with Crippen molar-refractivity contribution in [2.24, 2.45) is 0 Å². The Kier molecular flexibility index (Phi) is 5.44. The topological polar surface area (TPSA) is 58.6 Å². The van der Waals surface area contributed by atoms with Crippen LogP contribution in [0.1, 0.15) is 16.7 Å². The molecule has 2 rings (SSSR count). The number of nitrogens with one attached hydrogen (secondary N) is 1. The molecule has 0 aliphatic carbocycles. The zero-order valence-corrected chi connectivity index (χ0v) is 12.3. The molecule has 4 nitrogen and oxygen atoms in total. The van der Waals surface area contributed by atoms with Crippen LogP contribution in [0.25, 0.3) is 0 Å². The molecule has 4 heteroatoms. The minimum atomic E-state index is -0.521. The lowest BCUT2D eigenvalue weighted by atomic mass is 10.1. The normalized spacial score (nSPS) is 9.50. The molecule has 0 heterocycles. The number of amides is 1. The summed E-state index contributed by atoms with van der Waals surface area (Å²) in [5.74, 6) is 5.77. The summed E-state index contributed by atoms with van der Waals surface area (Å²) in [5.41, 5.74) is 2.38. The van der Waals surface area contributed by atoms with E-state index in [1.807, 2.05) is 43.3 Å². The van der Waals surface area contributed by atoms with Gasteiger partial charge in [-0.3, -0.25) is 0 Å². The van der Waals surface area contributed by atoms with Crippen LogP contribution in [-0.4, -0.2) is 17.7 Å². The monoisotopic (exact) mass is 295 g/mol. The maximum absolute atomic E-state index is 11.5. The predicted molar refractivity (Wildman–Crippen MR) is 84.4 cm³/mol. The van der Waals surface area contributed by atoms with Crippen LogP contribution >= 0.6 is 0 Å². The van der Waals surface area contributed by atoms with Crippen molar-refractivity contribution in [2.45, 2.75) is 13.5 Å². The Balaban J connectivity index is 1.79. The number of phenols is 1. The first kappa shape index (κ1) is 15.5. The molecule has 0 saturated carbocycles. The number of hydrogen-bond donors (Lipinski definition) is 2. The highest BCUT2D eigenvalue weighted by molar-refractivity contribution is 5.67. The average molecular weight is 295 g/mol. The predicted octanol–water partition coefficient (Wildman–Crippen LogP) is 2.98. The van der Waals surface area contributed by atoms with E-state index in [-0.39, 0.29) is 18.9 Å². The third kappa shape index (κ3) is 4.57. The molecular formula is C18H17NO3. The van der Waals surface area contributed by atoms with Gasteiger partial charge in [0.2, 0.25) is 0 Å². The van der Waals surface area contributed by atoms with Crippen molar-refractivity contribution in [3.05, 3.63) is 65.2 Å². The first-order chi connectivity index (χ1) is 10.7. The van der Waals surface area contributed by atoms with Gasteiger partial charge in [-0.25, -0.2) is 4.79 Å². The van der Waals surface area contributed by atoms with E-state index in [0.717, 1.165) is 11.1 Å². The first-order valence-electron chi connectivity index (χ1n) is 6.89. The summed E-state index contributed by atoms with van der Waals surface area (Å²) in [5, 5.41) is 12.2. The average Bonchev–Trinajstić information content (AvgIpc) is 2.53. The Bertz CT molecular complexity index is 679. The second kappa shape index (κ2) is 7.75. The highest BCUT2D eigenvalue weighted by Crippen LogP contribution is 2.18. The van der Waals surface area contributed by atoms with Crippen molar-refractivity contribution in [1.29, 1.82) is 0 Å². The van der Waals surface area contributed by atoms with Crippen molar-refractivity contribution in [2.75, 3.05) is 6.54 Å². The zero-order chi connectivity index (χ0) is 15.8. The third-order valence-corrected chi connectivity index (χ3v) is 3.00. The maximum atomic E-state index is 11.5. The third-order valence-electron chi connectivity index (χ3n) is 3.00. The minimum Gasteiger partial charge on any atom is -0.507 e. The van der Waals surface area contributed by atoms with Gasteiger partial charge in [-0.2, -0.15) is 0 Å². The van der Waals surface area contributed by atoms with Crippen molar-refractivity contribution < 1.29 is 14.6 Å². The highest BCUT2D eigenvalue weighted by Gasteiger charge is 2.01. The smallest absolute Gasteiger partial charge is 0.408 e. The molecule has 1 amide bonds. The van der Waals surface area contributed by atoms with Crippen LogP contribution in [0.5, 0.6) is 5.75 Å². The Hall–Kier alpha value is -2.93. The zero-order valence-electron chi connectivity index (χ0n) is 12.3. The summed E-state index contributed by atoms with van der Waals surface area (Å²) in [7, 11) is 0. The summed E-state index contributed by atoms with van der Waals surface area (Å²) in [6.07, 6.45) is -0.521. The molecule has 0 saturated heterocycles. The van der Waals surface area contributed by atoms with Crippen LogP contribution in [0.2, 0.25) is 0 Å². The van der Waals surface area contributed by atoms with Gasteiger partial charge in [-0.05, 0) is 24.1 Å². The maximum Gasteiger partial charge on any atom is 0.408 e. The number of ether oxygens (including phenoxy) is 1. The van der Waals surface area contributed by atoms with Gasteiger partial charge in [-0.1, -0.05) is 54.3 Å². The number of aromatic hydroxyl groups is 1. The SMILES string of the molecule is Cc1cccc(O)c1C#CCNC(=O)OCc1ccccc1. The Labute approximate surface area is 129 Å². The van der Waals surface area contributed by atoms with Gasteiger partial charge >= 0.3 is 6.09 Å². The number of alkyl carbamates (subject to hydrolysis) is 1. The van der Waals surface area contributed by atoms with Gasteiger partial charge in [0.1, 0.15) is 12.4 Å². The van der Waals surface area contributed by atoms with Crippen molar-refractivity contribution >= 4 is 6.09 Å². The molecule has 0 aromatic heterocycles. The second-order valence-electron chi connectivity index (χ2n) is 4.69. The van der Waals surface area contributed by atoms with E-state index in [9.17, 15) is 9.90 Å². The quantitative estimate of drug-likeness (QED) is 0.856. The van der Waals surface area contributed by atoms with Crippen LogP contribution in [0, 0.1) is 18.8 Å².